The van der Waals surface area contributed by atoms with Crippen LogP contribution in [0.3, 0.4) is 0 Å². The molecule has 92 valence electrons. The summed E-state index contributed by atoms with van der Waals surface area (Å²) in [5.41, 5.74) is -0.149. The van der Waals surface area contributed by atoms with Crippen molar-refractivity contribution in [1.82, 2.24) is 10.6 Å². The van der Waals surface area contributed by atoms with Gasteiger partial charge < -0.3 is 15.4 Å². The number of hydrogen-bond donors (Lipinski definition) is 2. The molecule has 0 aromatic carbocycles. The van der Waals surface area contributed by atoms with Gasteiger partial charge in [-0.2, -0.15) is 0 Å². The lowest BCUT2D eigenvalue weighted by atomic mass is 9.95. The largest absolute Gasteiger partial charge is 0.373 e. The van der Waals surface area contributed by atoms with Gasteiger partial charge in [0.1, 0.15) is 0 Å². The zero-order valence-electron chi connectivity index (χ0n) is 10.4. The second-order valence-electron chi connectivity index (χ2n) is 5.90. The Balaban J connectivity index is 1.70. The molecule has 0 saturated carbocycles. The highest BCUT2D eigenvalue weighted by atomic mass is 16.5. The fourth-order valence-electron chi connectivity index (χ4n) is 2.54. The van der Waals surface area contributed by atoms with Crippen molar-refractivity contribution in [3.63, 3.8) is 0 Å². The first-order valence-corrected chi connectivity index (χ1v) is 6.14. The second kappa shape index (κ2) is 4.34. The molecule has 2 N–H and O–H groups in total. The van der Waals surface area contributed by atoms with E-state index < -0.39 is 0 Å². The zero-order valence-corrected chi connectivity index (χ0v) is 10.4. The molecular formula is C12H22N2O2. The third-order valence-electron chi connectivity index (χ3n) is 3.15. The Bertz CT molecular complexity index is 273. The predicted molar refractivity (Wildman–Crippen MR) is 62.2 cm³/mol. The van der Waals surface area contributed by atoms with Crippen LogP contribution in [0.1, 0.15) is 40.0 Å². The molecule has 2 fully saturated rings. The number of nitrogens with one attached hydrogen (secondary N) is 2. The van der Waals surface area contributed by atoms with Gasteiger partial charge in [0.25, 0.3) is 0 Å². The van der Waals surface area contributed by atoms with E-state index in [1.54, 1.807) is 0 Å². The molecule has 0 spiro atoms. The van der Waals surface area contributed by atoms with E-state index in [1.165, 1.54) is 6.42 Å². The van der Waals surface area contributed by atoms with Crippen molar-refractivity contribution in [3.8, 4) is 0 Å². The van der Waals surface area contributed by atoms with Gasteiger partial charge >= 0.3 is 0 Å². The first-order chi connectivity index (χ1) is 7.44. The molecular weight excluding hydrogens is 204 g/mol. The summed E-state index contributed by atoms with van der Waals surface area (Å²) in [6.45, 7) is 6.37. The normalized spacial score (nSPS) is 33.1. The predicted octanol–water partition coefficient (Wildman–Crippen LogP) is 0.811. The lowest BCUT2D eigenvalue weighted by molar-refractivity contribution is -0.121. The minimum absolute atomic E-state index is 0.0651. The Morgan fingerprint density at radius 3 is 2.62 bits per heavy atom. The van der Waals surface area contributed by atoms with Crippen molar-refractivity contribution in [3.05, 3.63) is 0 Å². The van der Waals surface area contributed by atoms with Crippen LogP contribution < -0.4 is 10.6 Å². The van der Waals surface area contributed by atoms with Gasteiger partial charge in [-0.25, -0.2) is 0 Å². The average molecular weight is 226 g/mol. The molecule has 0 aromatic rings. The Morgan fingerprint density at radius 2 is 2.12 bits per heavy atom. The van der Waals surface area contributed by atoms with Gasteiger partial charge in [-0.05, 0) is 40.0 Å². The van der Waals surface area contributed by atoms with Crippen molar-refractivity contribution in [2.24, 2.45) is 0 Å². The molecule has 4 nitrogen and oxygen atoms in total. The van der Waals surface area contributed by atoms with Gasteiger partial charge in [-0.15, -0.1) is 0 Å². The van der Waals surface area contributed by atoms with Crippen molar-refractivity contribution in [1.29, 1.82) is 0 Å². The van der Waals surface area contributed by atoms with Crippen molar-refractivity contribution >= 4 is 5.91 Å². The number of amides is 1. The monoisotopic (exact) mass is 226 g/mol. The van der Waals surface area contributed by atoms with Crippen LogP contribution in [-0.4, -0.2) is 36.2 Å². The van der Waals surface area contributed by atoms with Gasteiger partial charge in [0.15, 0.2) is 0 Å². The highest BCUT2D eigenvalue weighted by molar-refractivity contribution is 5.78. The molecule has 2 aliphatic rings. The van der Waals surface area contributed by atoms with E-state index in [1.807, 2.05) is 20.8 Å². The van der Waals surface area contributed by atoms with E-state index in [4.69, 9.17) is 4.74 Å². The Labute approximate surface area is 97.1 Å². The molecule has 2 heterocycles. The maximum Gasteiger partial charge on any atom is 0.234 e. The van der Waals surface area contributed by atoms with Gasteiger partial charge in [0, 0.05) is 11.6 Å². The number of fused-ring (bicyclic) bond motifs is 2. The van der Waals surface area contributed by atoms with Crippen LogP contribution in [0.15, 0.2) is 0 Å². The van der Waals surface area contributed by atoms with E-state index in [0.29, 0.717) is 24.8 Å². The molecule has 2 aliphatic heterocycles. The Hall–Kier alpha value is -0.610. The molecule has 0 aliphatic carbocycles. The van der Waals surface area contributed by atoms with E-state index in [0.717, 1.165) is 12.8 Å². The summed E-state index contributed by atoms with van der Waals surface area (Å²) >= 11 is 0. The molecule has 2 bridgehead atoms. The first kappa shape index (κ1) is 11.9. The minimum atomic E-state index is -0.149. The minimum Gasteiger partial charge on any atom is -0.373 e. The maximum absolute atomic E-state index is 11.6. The van der Waals surface area contributed by atoms with Crippen molar-refractivity contribution < 1.29 is 9.53 Å². The Kier molecular flexibility index (Phi) is 3.22. The van der Waals surface area contributed by atoms with E-state index in [-0.39, 0.29) is 11.4 Å². The highest BCUT2D eigenvalue weighted by Crippen LogP contribution is 2.34. The van der Waals surface area contributed by atoms with Gasteiger partial charge in [0.2, 0.25) is 5.91 Å². The quantitative estimate of drug-likeness (QED) is 0.749. The van der Waals surface area contributed by atoms with Gasteiger partial charge in [-0.1, -0.05) is 0 Å². The SMILES string of the molecule is CC(C)(C)NC(=O)CNC1CC2CCC1O2. The van der Waals surface area contributed by atoms with Crippen LogP contribution in [-0.2, 0) is 9.53 Å². The maximum atomic E-state index is 11.6. The summed E-state index contributed by atoms with van der Waals surface area (Å²) in [5.74, 6) is 0.0651. The lowest BCUT2D eigenvalue weighted by Gasteiger charge is -2.23. The third-order valence-corrected chi connectivity index (χ3v) is 3.15. The van der Waals surface area contributed by atoms with Gasteiger partial charge in [-0.3, -0.25) is 4.79 Å². The molecule has 0 aromatic heterocycles. The first-order valence-electron chi connectivity index (χ1n) is 6.14. The molecule has 1 amide bonds. The molecule has 2 saturated heterocycles. The number of rotatable bonds is 3. The van der Waals surface area contributed by atoms with E-state index in [2.05, 4.69) is 10.6 Å². The molecule has 3 unspecified atom stereocenters. The molecule has 3 atom stereocenters. The average Bonchev–Trinajstić information content (AvgIpc) is 2.72. The van der Waals surface area contributed by atoms with E-state index >= 15 is 0 Å². The third kappa shape index (κ3) is 2.95. The van der Waals surface area contributed by atoms with Crippen LogP contribution in [0.2, 0.25) is 0 Å². The number of carbonyl (C=O) groups is 1. The summed E-state index contributed by atoms with van der Waals surface area (Å²) in [6, 6.07) is 0.379. The second-order valence-corrected chi connectivity index (χ2v) is 5.90. The van der Waals surface area contributed by atoms with Crippen LogP contribution in [0.25, 0.3) is 0 Å². The van der Waals surface area contributed by atoms with E-state index in [9.17, 15) is 4.79 Å². The molecule has 2 rings (SSSR count). The van der Waals surface area contributed by atoms with Crippen LogP contribution in [0.4, 0.5) is 0 Å². The summed E-state index contributed by atoms with van der Waals surface area (Å²) < 4.78 is 5.72. The highest BCUT2D eigenvalue weighted by Gasteiger charge is 2.40. The lowest BCUT2D eigenvalue weighted by Crippen LogP contribution is -2.48. The summed E-state index contributed by atoms with van der Waals surface area (Å²) in [5, 5.41) is 6.24. The van der Waals surface area contributed by atoms with Crippen LogP contribution in [0.5, 0.6) is 0 Å². The zero-order chi connectivity index (χ0) is 11.8. The van der Waals surface area contributed by atoms with Crippen LogP contribution >= 0.6 is 0 Å². The summed E-state index contributed by atoms with van der Waals surface area (Å²) in [4.78, 5) is 11.6. The Morgan fingerprint density at radius 1 is 1.38 bits per heavy atom. The van der Waals surface area contributed by atoms with Crippen molar-refractivity contribution in [2.75, 3.05) is 6.54 Å². The topological polar surface area (TPSA) is 50.4 Å². The molecule has 4 heteroatoms. The number of carbonyl (C=O) groups excluding carboxylic acids is 1. The standard InChI is InChI=1S/C12H22N2O2/c1-12(2,3)14-11(15)7-13-9-6-8-4-5-10(9)16-8/h8-10,13H,4-7H2,1-3H3,(H,14,15). The number of hydrogen-bond acceptors (Lipinski definition) is 3. The summed E-state index contributed by atoms with van der Waals surface area (Å²) in [7, 11) is 0. The van der Waals surface area contributed by atoms with Crippen LogP contribution in [0, 0.1) is 0 Å². The smallest absolute Gasteiger partial charge is 0.234 e. The number of ether oxygens (including phenoxy) is 1. The fourth-order valence-corrected chi connectivity index (χ4v) is 2.54. The van der Waals surface area contributed by atoms with Gasteiger partial charge in [0.05, 0.1) is 18.8 Å². The molecule has 0 radical (unpaired) electrons. The van der Waals surface area contributed by atoms with Crippen molar-refractivity contribution in [2.45, 2.75) is 63.8 Å². The molecule has 16 heavy (non-hydrogen) atoms. The fraction of sp³-hybridized carbons (Fsp3) is 0.917. The summed E-state index contributed by atoms with van der Waals surface area (Å²) in [6.07, 6.45) is 4.17.